The molecule has 1 aromatic carbocycles. The third-order valence-corrected chi connectivity index (χ3v) is 4.58. The fourth-order valence-corrected chi connectivity index (χ4v) is 3.26. The SMILES string of the molecule is COC1=CC(=O)c2c(cc3cccn3c2C(=O)c2ccc(OC)cc2)C1=O. The standard InChI is InChI=1S/C21H15NO5/c1-26-14-7-5-12(6-8-14)20(24)19-18-15(10-13-4-3-9-22(13)19)21(25)17(27-2)11-16(18)23/h3-11H,1-2H3. The van der Waals surface area contributed by atoms with Gasteiger partial charge >= 0.3 is 0 Å². The highest BCUT2D eigenvalue weighted by atomic mass is 16.5. The number of aromatic nitrogens is 1. The Balaban J connectivity index is 1.97. The molecule has 0 unspecified atom stereocenters. The molecule has 1 aliphatic carbocycles. The van der Waals surface area contributed by atoms with Crippen LogP contribution in [0, 0.1) is 0 Å². The lowest BCUT2D eigenvalue weighted by Crippen LogP contribution is -2.24. The van der Waals surface area contributed by atoms with Crippen molar-refractivity contribution in [2.45, 2.75) is 0 Å². The van der Waals surface area contributed by atoms with E-state index < -0.39 is 11.6 Å². The lowest BCUT2D eigenvalue weighted by atomic mass is 9.89. The van der Waals surface area contributed by atoms with Crippen molar-refractivity contribution >= 4 is 22.9 Å². The number of hydrogen-bond donors (Lipinski definition) is 0. The number of carbonyl (C=O) groups excluding carboxylic acids is 3. The van der Waals surface area contributed by atoms with Crippen molar-refractivity contribution in [2.24, 2.45) is 0 Å². The minimum absolute atomic E-state index is 0.0359. The molecule has 0 radical (unpaired) electrons. The lowest BCUT2D eigenvalue weighted by molar-refractivity contribution is 0.0914. The normalized spacial score (nSPS) is 13.3. The van der Waals surface area contributed by atoms with Crippen LogP contribution in [0.3, 0.4) is 0 Å². The number of pyridine rings is 1. The molecule has 6 nitrogen and oxygen atoms in total. The summed E-state index contributed by atoms with van der Waals surface area (Å²) in [5.74, 6) is -0.627. The molecule has 6 heteroatoms. The number of rotatable bonds is 4. The second-order valence-corrected chi connectivity index (χ2v) is 6.05. The van der Waals surface area contributed by atoms with E-state index in [1.54, 1.807) is 53.1 Å². The van der Waals surface area contributed by atoms with Gasteiger partial charge in [-0.1, -0.05) is 0 Å². The minimum Gasteiger partial charge on any atom is -0.497 e. The first kappa shape index (κ1) is 16.8. The Hall–Kier alpha value is -3.67. The molecule has 0 fully saturated rings. The van der Waals surface area contributed by atoms with Crippen molar-refractivity contribution in [1.82, 2.24) is 4.40 Å². The van der Waals surface area contributed by atoms with Gasteiger partial charge in [0.1, 0.15) is 11.4 Å². The van der Waals surface area contributed by atoms with Gasteiger partial charge in [-0.2, -0.15) is 0 Å². The number of Topliss-reactive ketones (excluding diaryl/α,β-unsaturated/α-hetero) is 1. The Kier molecular flexibility index (Phi) is 3.88. The molecule has 3 aromatic rings. The van der Waals surface area contributed by atoms with Gasteiger partial charge in [-0.15, -0.1) is 0 Å². The Labute approximate surface area is 154 Å². The number of nitrogens with zero attached hydrogens (tertiary/aromatic N) is 1. The predicted octanol–water partition coefficient (Wildman–Crippen LogP) is 3.09. The highest BCUT2D eigenvalue weighted by Crippen LogP contribution is 2.29. The Bertz CT molecular complexity index is 1140. The number of carbonyl (C=O) groups is 3. The second-order valence-electron chi connectivity index (χ2n) is 6.05. The summed E-state index contributed by atoms with van der Waals surface area (Å²) >= 11 is 0. The molecule has 0 saturated carbocycles. The number of fused-ring (bicyclic) bond motifs is 2. The molecule has 2 aromatic heterocycles. The first-order chi connectivity index (χ1) is 13.0. The Morgan fingerprint density at radius 1 is 1.00 bits per heavy atom. The fourth-order valence-electron chi connectivity index (χ4n) is 3.26. The molecule has 0 aliphatic heterocycles. The quantitative estimate of drug-likeness (QED) is 0.668. The topological polar surface area (TPSA) is 74.1 Å². The molecule has 1 aliphatic rings. The zero-order chi connectivity index (χ0) is 19.1. The summed E-state index contributed by atoms with van der Waals surface area (Å²) in [6.45, 7) is 0. The monoisotopic (exact) mass is 361 g/mol. The Morgan fingerprint density at radius 2 is 1.74 bits per heavy atom. The average molecular weight is 361 g/mol. The Morgan fingerprint density at radius 3 is 2.41 bits per heavy atom. The van der Waals surface area contributed by atoms with E-state index in [0.29, 0.717) is 16.8 Å². The highest BCUT2D eigenvalue weighted by molar-refractivity contribution is 6.28. The third-order valence-electron chi connectivity index (χ3n) is 4.58. The third kappa shape index (κ3) is 2.54. The van der Waals surface area contributed by atoms with Gasteiger partial charge in [0.05, 0.1) is 19.8 Å². The van der Waals surface area contributed by atoms with Crippen LogP contribution < -0.4 is 4.74 Å². The van der Waals surface area contributed by atoms with Crippen LogP contribution in [-0.4, -0.2) is 36.0 Å². The molecule has 134 valence electrons. The van der Waals surface area contributed by atoms with Crippen molar-refractivity contribution < 1.29 is 23.9 Å². The number of allylic oxidation sites excluding steroid dienone is 2. The molecule has 0 saturated heterocycles. The summed E-state index contributed by atoms with van der Waals surface area (Å²) in [4.78, 5) is 38.7. The van der Waals surface area contributed by atoms with Crippen LogP contribution in [0.2, 0.25) is 0 Å². The van der Waals surface area contributed by atoms with Gasteiger partial charge in [-0.05, 0) is 42.5 Å². The van der Waals surface area contributed by atoms with Crippen LogP contribution in [0.5, 0.6) is 5.75 Å². The van der Waals surface area contributed by atoms with E-state index in [1.165, 1.54) is 14.2 Å². The molecule has 2 heterocycles. The number of methoxy groups -OCH3 is 2. The first-order valence-electron chi connectivity index (χ1n) is 8.22. The smallest absolute Gasteiger partial charge is 0.228 e. The van der Waals surface area contributed by atoms with Crippen LogP contribution in [0.25, 0.3) is 5.52 Å². The van der Waals surface area contributed by atoms with Gasteiger partial charge in [-0.3, -0.25) is 14.4 Å². The summed E-state index contributed by atoms with van der Waals surface area (Å²) in [6.07, 6.45) is 2.82. The van der Waals surface area contributed by atoms with E-state index in [4.69, 9.17) is 9.47 Å². The van der Waals surface area contributed by atoms with Crippen molar-refractivity contribution in [3.8, 4) is 5.75 Å². The number of benzene rings is 1. The predicted molar refractivity (Wildman–Crippen MR) is 97.6 cm³/mol. The van der Waals surface area contributed by atoms with Gasteiger partial charge in [0.15, 0.2) is 11.5 Å². The molecule has 0 bridgehead atoms. The maximum absolute atomic E-state index is 13.3. The second kappa shape index (κ2) is 6.25. The van der Waals surface area contributed by atoms with Crippen molar-refractivity contribution in [3.05, 3.63) is 82.9 Å². The summed E-state index contributed by atoms with van der Waals surface area (Å²) in [5, 5.41) is 0. The van der Waals surface area contributed by atoms with Crippen LogP contribution in [-0.2, 0) is 4.74 Å². The van der Waals surface area contributed by atoms with Crippen LogP contribution in [0.4, 0.5) is 0 Å². The molecule has 0 spiro atoms. The highest BCUT2D eigenvalue weighted by Gasteiger charge is 2.33. The van der Waals surface area contributed by atoms with Gasteiger partial charge < -0.3 is 13.9 Å². The molecule has 0 amide bonds. The maximum Gasteiger partial charge on any atom is 0.228 e. The van der Waals surface area contributed by atoms with Gasteiger partial charge in [-0.25, -0.2) is 0 Å². The molecule has 0 atom stereocenters. The fraction of sp³-hybridized carbons (Fsp3) is 0.0952. The summed E-state index contributed by atoms with van der Waals surface area (Å²) in [5.41, 5.74) is 1.44. The van der Waals surface area contributed by atoms with E-state index >= 15 is 0 Å². The van der Waals surface area contributed by atoms with Crippen LogP contribution in [0.1, 0.15) is 36.8 Å². The van der Waals surface area contributed by atoms with E-state index in [2.05, 4.69) is 0 Å². The van der Waals surface area contributed by atoms with E-state index in [1.807, 2.05) is 0 Å². The van der Waals surface area contributed by atoms with E-state index in [0.717, 1.165) is 6.08 Å². The first-order valence-corrected chi connectivity index (χ1v) is 8.22. The number of ether oxygens (including phenoxy) is 2. The van der Waals surface area contributed by atoms with Crippen molar-refractivity contribution in [2.75, 3.05) is 14.2 Å². The molecule has 0 N–H and O–H groups in total. The molecule has 4 rings (SSSR count). The maximum atomic E-state index is 13.3. The van der Waals surface area contributed by atoms with E-state index in [-0.39, 0.29) is 28.4 Å². The van der Waals surface area contributed by atoms with Gasteiger partial charge in [0, 0.05) is 28.9 Å². The minimum atomic E-state index is -0.436. The number of ketones is 3. The van der Waals surface area contributed by atoms with Crippen molar-refractivity contribution in [3.63, 3.8) is 0 Å². The molecular formula is C21H15NO5. The van der Waals surface area contributed by atoms with Gasteiger partial charge in [0.2, 0.25) is 11.6 Å². The lowest BCUT2D eigenvalue weighted by Gasteiger charge is -2.19. The van der Waals surface area contributed by atoms with Gasteiger partial charge in [0.25, 0.3) is 0 Å². The summed E-state index contributed by atoms with van der Waals surface area (Å²) in [7, 11) is 2.87. The summed E-state index contributed by atoms with van der Waals surface area (Å²) < 4.78 is 11.8. The van der Waals surface area contributed by atoms with Crippen LogP contribution in [0.15, 0.2) is 60.5 Å². The van der Waals surface area contributed by atoms with Crippen LogP contribution >= 0.6 is 0 Å². The number of hydrogen-bond acceptors (Lipinski definition) is 5. The molecule has 27 heavy (non-hydrogen) atoms. The zero-order valence-corrected chi connectivity index (χ0v) is 14.7. The van der Waals surface area contributed by atoms with E-state index in [9.17, 15) is 14.4 Å². The summed E-state index contributed by atoms with van der Waals surface area (Å²) in [6, 6.07) is 11.7. The molecular weight excluding hydrogens is 346 g/mol. The zero-order valence-electron chi connectivity index (χ0n) is 14.7. The average Bonchev–Trinajstić information content (AvgIpc) is 3.17. The largest absolute Gasteiger partial charge is 0.497 e. The van der Waals surface area contributed by atoms with Crippen molar-refractivity contribution in [1.29, 1.82) is 0 Å².